The van der Waals surface area contributed by atoms with Gasteiger partial charge in [-0.2, -0.15) is 0 Å². The fourth-order valence-electron chi connectivity index (χ4n) is 5.12. The van der Waals surface area contributed by atoms with Gasteiger partial charge in [0, 0.05) is 13.0 Å². The Balaban J connectivity index is 3.47. The van der Waals surface area contributed by atoms with Crippen molar-refractivity contribution in [3.63, 3.8) is 0 Å². The Kier molecular flexibility index (Phi) is 35.6. The normalized spacial score (nSPS) is 12.7. The molecular formula is C39H72O4. The number of hydrogen-bond acceptors (Lipinski definition) is 4. The molecule has 0 saturated heterocycles. The van der Waals surface area contributed by atoms with Gasteiger partial charge in [-0.05, 0) is 70.6 Å². The third-order valence-corrected chi connectivity index (χ3v) is 7.94. The summed E-state index contributed by atoms with van der Waals surface area (Å²) in [6, 6.07) is 0. The molecule has 1 N–H and O–H groups in total. The SMILES string of the molecule is CCCCC/C=C\CCCCCCCCOCC(CO)OC(=O)CCCCCCCCC/C=C\C/C=C\CCCCCC. The van der Waals surface area contributed by atoms with Gasteiger partial charge in [-0.15, -0.1) is 0 Å². The predicted molar refractivity (Wildman–Crippen MR) is 187 cm³/mol. The van der Waals surface area contributed by atoms with Crippen molar-refractivity contribution in [1.82, 2.24) is 0 Å². The number of aliphatic hydroxyl groups is 1. The maximum absolute atomic E-state index is 12.1. The van der Waals surface area contributed by atoms with E-state index in [1.807, 2.05) is 0 Å². The molecule has 1 unspecified atom stereocenters. The molecule has 0 spiro atoms. The molecule has 0 aromatic rings. The minimum absolute atomic E-state index is 0.177. The lowest BCUT2D eigenvalue weighted by Crippen LogP contribution is -2.27. The van der Waals surface area contributed by atoms with E-state index in [9.17, 15) is 9.90 Å². The third kappa shape index (κ3) is 35.0. The number of rotatable bonds is 34. The average Bonchev–Trinajstić information content (AvgIpc) is 3.01. The summed E-state index contributed by atoms with van der Waals surface area (Å²) >= 11 is 0. The van der Waals surface area contributed by atoms with E-state index in [4.69, 9.17) is 9.47 Å². The van der Waals surface area contributed by atoms with E-state index in [0.29, 0.717) is 13.0 Å². The Morgan fingerprint density at radius 2 is 0.977 bits per heavy atom. The highest BCUT2D eigenvalue weighted by Crippen LogP contribution is 2.12. The molecule has 0 fully saturated rings. The van der Waals surface area contributed by atoms with Gasteiger partial charge in [-0.1, -0.05) is 140 Å². The van der Waals surface area contributed by atoms with Crippen LogP contribution in [-0.2, 0) is 14.3 Å². The zero-order valence-electron chi connectivity index (χ0n) is 28.7. The first kappa shape index (κ1) is 41.6. The molecule has 0 aliphatic carbocycles. The fraction of sp³-hybridized carbons (Fsp3) is 0.821. The van der Waals surface area contributed by atoms with E-state index in [-0.39, 0.29) is 19.2 Å². The van der Waals surface area contributed by atoms with Crippen molar-refractivity contribution in [1.29, 1.82) is 0 Å². The van der Waals surface area contributed by atoms with Crippen molar-refractivity contribution in [2.45, 2.75) is 187 Å². The summed E-state index contributed by atoms with van der Waals surface area (Å²) in [4.78, 5) is 12.1. The number of allylic oxidation sites excluding steroid dienone is 6. The van der Waals surface area contributed by atoms with E-state index < -0.39 is 6.10 Å². The molecule has 0 amide bonds. The summed E-state index contributed by atoms with van der Waals surface area (Å²) in [5, 5.41) is 9.55. The molecule has 0 bridgehead atoms. The molecule has 0 aliphatic heterocycles. The molecule has 4 nitrogen and oxygen atoms in total. The first-order valence-electron chi connectivity index (χ1n) is 18.6. The number of carbonyl (C=O) groups excluding carboxylic acids is 1. The second kappa shape index (κ2) is 36.8. The third-order valence-electron chi connectivity index (χ3n) is 7.94. The van der Waals surface area contributed by atoms with Crippen molar-refractivity contribution >= 4 is 5.97 Å². The lowest BCUT2D eigenvalue weighted by molar-refractivity contribution is -0.154. The summed E-state index contributed by atoms with van der Waals surface area (Å²) in [5.74, 6) is -0.212. The van der Waals surface area contributed by atoms with Crippen LogP contribution in [0.5, 0.6) is 0 Å². The van der Waals surface area contributed by atoms with Crippen molar-refractivity contribution in [3.05, 3.63) is 36.5 Å². The van der Waals surface area contributed by atoms with Crippen molar-refractivity contribution < 1.29 is 19.4 Å². The molecule has 0 saturated carbocycles. The topological polar surface area (TPSA) is 55.8 Å². The number of ether oxygens (including phenoxy) is 2. The van der Waals surface area contributed by atoms with Crippen LogP contribution in [0.15, 0.2) is 36.5 Å². The number of carbonyl (C=O) groups is 1. The minimum atomic E-state index is -0.539. The van der Waals surface area contributed by atoms with E-state index in [2.05, 4.69) is 50.3 Å². The Hall–Kier alpha value is -1.39. The van der Waals surface area contributed by atoms with Crippen molar-refractivity contribution in [3.8, 4) is 0 Å². The van der Waals surface area contributed by atoms with E-state index in [0.717, 1.165) is 25.7 Å². The summed E-state index contributed by atoms with van der Waals surface area (Å²) in [6.07, 6.45) is 44.6. The van der Waals surface area contributed by atoms with Gasteiger partial charge in [0.25, 0.3) is 0 Å². The molecule has 43 heavy (non-hydrogen) atoms. The number of esters is 1. The molecule has 0 heterocycles. The quantitative estimate of drug-likeness (QED) is 0.0451. The lowest BCUT2D eigenvalue weighted by atomic mass is 10.1. The Morgan fingerprint density at radius 3 is 1.51 bits per heavy atom. The summed E-state index contributed by atoms with van der Waals surface area (Å²) in [7, 11) is 0. The highest BCUT2D eigenvalue weighted by molar-refractivity contribution is 5.69. The van der Waals surface area contributed by atoms with Crippen LogP contribution in [0.3, 0.4) is 0 Å². The van der Waals surface area contributed by atoms with Crippen LogP contribution < -0.4 is 0 Å². The van der Waals surface area contributed by atoms with Gasteiger partial charge < -0.3 is 14.6 Å². The second-order valence-electron chi connectivity index (χ2n) is 12.3. The van der Waals surface area contributed by atoms with E-state index in [1.165, 1.54) is 135 Å². The zero-order valence-corrected chi connectivity index (χ0v) is 28.7. The number of unbranched alkanes of at least 4 members (excludes halogenated alkanes) is 20. The molecular weight excluding hydrogens is 532 g/mol. The first-order valence-corrected chi connectivity index (χ1v) is 18.6. The van der Waals surface area contributed by atoms with Crippen LogP contribution in [0.4, 0.5) is 0 Å². The van der Waals surface area contributed by atoms with Gasteiger partial charge in [0.1, 0.15) is 6.10 Å². The van der Waals surface area contributed by atoms with Crippen molar-refractivity contribution in [2.75, 3.05) is 19.8 Å². The smallest absolute Gasteiger partial charge is 0.306 e. The Morgan fingerprint density at radius 1 is 0.558 bits per heavy atom. The predicted octanol–water partition coefficient (Wildman–Crippen LogP) is 11.8. The molecule has 0 radical (unpaired) electrons. The summed E-state index contributed by atoms with van der Waals surface area (Å²) < 4.78 is 11.1. The molecule has 0 aromatic heterocycles. The van der Waals surface area contributed by atoms with Gasteiger partial charge >= 0.3 is 5.97 Å². The van der Waals surface area contributed by atoms with Crippen LogP contribution in [-0.4, -0.2) is 37.0 Å². The van der Waals surface area contributed by atoms with Gasteiger partial charge in [-0.3, -0.25) is 4.79 Å². The van der Waals surface area contributed by atoms with Crippen LogP contribution in [0, 0.1) is 0 Å². The van der Waals surface area contributed by atoms with E-state index >= 15 is 0 Å². The highest BCUT2D eigenvalue weighted by Gasteiger charge is 2.13. The minimum Gasteiger partial charge on any atom is -0.457 e. The fourth-order valence-corrected chi connectivity index (χ4v) is 5.12. The molecule has 4 heteroatoms. The Bertz CT molecular complexity index is 639. The van der Waals surface area contributed by atoms with Crippen LogP contribution in [0.1, 0.15) is 181 Å². The highest BCUT2D eigenvalue weighted by atomic mass is 16.6. The zero-order chi connectivity index (χ0) is 31.3. The molecule has 252 valence electrons. The first-order chi connectivity index (χ1) is 21.2. The van der Waals surface area contributed by atoms with Gasteiger partial charge in [0.05, 0.1) is 13.2 Å². The van der Waals surface area contributed by atoms with E-state index in [1.54, 1.807) is 0 Å². The maximum Gasteiger partial charge on any atom is 0.306 e. The molecule has 0 aliphatic rings. The summed E-state index contributed by atoms with van der Waals surface area (Å²) in [6.45, 7) is 5.29. The lowest BCUT2D eigenvalue weighted by Gasteiger charge is -2.15. The number of aliphatic hydroxyl groups excluding tert-OH is 1. The van der Waals surface area contributed by atoms with Crippen molar-refractivity contribution in [2.24, 2.45) is 0 Å². The van der Waals surface area contributed by atoms with Crippen LogP contribution in [0.2, 0.25) is 0 Å². The largest absolute Gasteiger partial charge is 0.457 e. The maximum atomic E-state index is 12.1. The molecule has 1 atom stereocenters. The monoisotopic (exact) mass is 605 g/mol. The van der Waals surface area contributed by atoms with Gasteiger partial charge in [0.15, 0.2) is 0 Å². The van der Waals surface area contributed by atoms with Crippen LogP contribution in [0.25, 0.3) is 0 Å². The van der Waals surface area contributed by atoms with Crippen LogP contribution >= 0.6 is 0 Å². The Labute approximate surface area is 268 Å². The standard InChI is InChI=1S/C39H72O4/c1-3-5-7-9-11-13-15-17-18-19-20-21-22-24-26-28-30-32-34-39(41)43-38(36-40)37-42-35-33-31-29-27-25-23-16-14-12-10-8-6-4-2/h12-15,18-19,38,40H,3-11,16-17,20-37H2,1-2H3/b14-12-,15-13-,19-18-. The average molecular weight is 605 g/mol. The summed E-state index contributed by atoms with van der Waals surface area (Å²) in [5.41, 5.74) is 0. The van der Waals surface area contributed by atoms with Gasteiger partial charge in [0.2, 0.25) is 0 Å². The number of hydrogen-bond donors (Lipinski definition) is 1. The second-order valence-corrected chi connectivity index (χ2v) is 12.3. The van der Waals surface area contributed by atoms with Gasteiger partial charge in [-0.25, -0.2) is 0 Å². The molecule has 0 aromatic carbocycles. The molecule has 0 rings (SSSR count).